The highest BCUT2D eigenvalue weighted by molar-refractivity contribution is 5.80. The second-order valence-corrected chi connectivity index (χ2v) is 6.78. The van der Waals surface area contributed by atoms with Gasteiger partial charge in [0.15, 0.2) is 0 Å². The van der Waals surface area contributed by atoms with Crippen LogP contribution in [0.2, 0.25) is 0 Å². The van der Waals surface area contributed by atoms with Gasteiger partial charge < -0.3 is 59.3 Å². The molecular formula is C18H37N5O12. The Kier molecular flexibility index (Phi) is 26.4. The van der Waals surface area contributed by atoms with Crippen LogP contribution in [0.3, 0.4) is 0 Å². The maximum absolute atomic E-state index is 10.1. The summed E-state index contributed by atoms with van der Waals surface area (Å²) in [7, 11) is 0. The molecule has 0 aliphatic heterocycles. The monoisotopic (exact) mass is 515 g/mol. The molecule has 17 heteroatoms. The van der Waals surface area contributed by atoms with Crippen molar-refractivity contribution in [2.24, 2.45) is 28.7 Å². The second-order valence-electron chi connectivity index (χ2n) is 6.78. The second kappa shape index (κ2) is 23.8. The number of rotatable bonds is 13. The molecule has 0 aliphatic carbocycles. The highest BCUT2D eigenvalue weighted by atomic mass is 16.4. The van der Waals surface area contributed by atoms with E-state index in [1.807, 2.05) is 0 Å². The van der Waals surface area contributed by atoms with Gasteiger partial charge in [-0.1, -0.05) is 6.42 Å². The van der Waals surface area contributed by atoms with Crippen LogP contribution in [0.15, 0.2) is 0 Å². The zero-order valence-corrected chi connectivity index (χ0v) is 19.3. The minimum atomic E-state index is -1.29. The fraction of sp³-hybridized carbons (Fsp3) is 0.667. The van der Waals surface area contributed by atoms with E-state index in [0.29, 0.717) is 13.0 Å². The van der Waals surface area contributed by atoms with Crippen molar-refractivity contribution in [1.82, 2.24) is 0 Å². The van der Waals surface area contributed by atoms with E-state index in [9.17, 15) is 28.8 Å². The number of nitrogens with two attached hydrogens (primary N) is 5. The summed E-state index contributed by atoms with van der Waals surface area (Å²) < 4.78 is 0. The van der Waals surface area contributed by atoms with Crippen LogP contribution in [-0.4, -0.2) is 97.2 Å². The summed E-state index contributed by atoms with van der Waals surface area (Å²) in [5.74, 6) is -6.59. The van der Waals surface area contributed by atoms with Crippen molar-refractivity contribution < 1.29 is 59.4 Å². The lowest BCUT2D eigenvalue weighted by Gasteiger charge is -2.03. The molecule has 0 fully saturated rings. The van der Waals surface area contributed by atoms with Crippen molar-refractivity contribution in [3.05, 3.63) is 0 Å². The lowest BCUT2D eigenvalue weighted by Crippen LogP contribution is -2.32. The first-order valence-corrected chi connectivity index (χ1v) is 9.97. The molecule has 0 amide bonds. The summed E-state index contributed by atoms with van der Waals surface area (Å²) in [5, 5.41) is 48.5. The highest BCUT2D eigenvalue weighted by Gasteiger charge is 2.14. The van der Waals surface area contributed by atoms with E-state index >= 15 is 0 Å². The number of carboxylic acids is 6. The largest absolute Gasteiger partial charge is 0.481 e. The molecule has 4 atom stereocenters. The van der Waals surface area contributed by atoms with Crippen LogP contribution in [0.25, 0.3) is 0 Å². The Morgan fingerprint density at radius 3 is 1.20 bits per heavy atom. The maximum atomic E-state index is 10.1. The minimum Gasteiger partial charge on any atom is -0.481 e. The number of carbonyl (C=O) groups is 6. The summed E-state index contributed by atoms with van der Waals surface area (Å²) >= 11 is 0. The molecule has 0 spiro atoms. The van der Waals surface area contributed by atoms with Crippen molar-refractivity contribution in [2.75, 3.05) is 6.54 Å². The summed E-state index contributed by atoms with van der Waals surface area (Å²) in [5.41, 5.74) is 25.1. The van der Waals surface area contributed by atoms with E-state index in [2.05, 4.69) is 0 Å². The van der Waals surface area contributed by atoms with Crippen LogP contribution >= 0.6 is 0 Å². The van der Waals surface area contributed by atoms with Crippen molar-refractivity contribution in [3.63, 3.8) is 0 Å². The van der Waals surface area contributed by atoms with Gasteiger partial charge in [-0.15, -0.1) is 0 Å². The Morgan fingerprint density at radius 2 is 0.971 bits per heavy atom. The van der Waals surface area contributed by atoms with Gasteiger partial charge in [0.25, 0.3) is 0 Å². The Hall–Kier alpha value is -3.38. The Bertz CT molecular complexity index is 660. The summed E-state index contributed by atoms with van der Waals surface area (Å²) in [4.78, 5) is 59.2. The van der Waals surface area contributed by atoms with Crippen molar-refractivity contribution in [3.8, 4) is 0 Å². The molecule has 17 nitrogen and oxygen atoms in total. The average molecular weight is 516 g/mol. The first-order valence-electron chi connectivity index (χ1n) is 9.97. The van der Waals surface area contributed by atoms with Crippen molar-refractivity contribution in [1.29, 1.82) is 0 Å². The van der Waals surface area contributed by atoms with Gasteiger partial charge in [-0.05, 0) is 32.7 Å². The maximum Gasteiger partial charge on any atom is 0.321 e. The van der Waals surface area contributed by atoms with Crippen LogP contribution in [-0.2, 0) is 28.8 Å². The fourth-order valence-electron chi connectivity index (χ4n) is 1.31. The molecule has 206 valence electrons. The quantitative estimate of drug-likeness (QED) is 0.109. The number of carboxylic acid groups (broad SMARTS) is 6. The van der Waals surface area contributed by atoms with Gasteiger partial charge in [-0.3, -0.25) is 28.8 Å². The summed E-state index contributed by atoms with van der Waals surface area (Å²) in [6, 6.07) is -3.80. The molecule has 0 saturated carbocycles. The van der Waals surface area contributed by atoms with Crippen molar-refractivity contribution >= 4 is 35.8 Å². The molecule has 35 heavy (non-hydrogen) atoms. The molecular weight excluding hydrogens is 478 g/mol. The Morgan fingerprint density at radius 1 is 0.600 bits per heavy atom. The fourth-order valence-corrected chi connectivity index (χ4v) is 1.31. The van der Waals surface area contributed by atoms with E-state index in [1.54, 1.807) is 0 Å². The van der Waals surface area contributed by atoms with Crippen molar-refractivity contribution in [2.45, 2.75) is 69.6 Å². The standard InChI is InChI=1S/C6H14N2O2.C5H9NO4.C4H7NO4.C3H7NO2/c7-4-2-1-3-5(8)6(9)10;6-3(5(9)10)1-2-4(7)8;5-2(4(8)9)1-3(6)7;1-2(4)3(5)6/h5H,1-4,7-8H2,(H,9,10);3H,1-2,6H2,(H,7,8)(H,9,10);2H,1,5H2,(H,6,7)(H,8,9);2H,4H2,1H3,(H,5,6)/t5-;3-;2*2-/m0000/s1. The van der Waals surface area contributed by atoms with Crippen LogP contribution in [0.4, 0.5) is 0 Å². The van der Waals surface area contributed by atoms with Gasteiger partial charge in [0.1, 0.15) is 24.2 Å². The average Bonchev–Trinajstić information content (AvgIpc) is 2.72. The minimum absolute atomic E-state index is 0.0231. The number of unbranched alkanes of at least 4 members (excludes halogenated alkanes) is 1. The molecule has 0 radical (unpaired) electrons. The normalized spacial score (nSPS) is 12.9. The lowest BCUT2D eigenvalue weighted by atomic mass is 10.1. The molecule has 0 aromatic heterocycles. The molecule has 0 rings (SSSR count). The summed E-state index contributed by atoms with van der Waals surface area (Å²) in [6.45, 7) is 2.02. The molecule has 0 aliphatic rings. The molecule has 16 N–H and O–H groups in total. The van der Waals surface area contributed by atoms with Crippen LogP contribution < -0.4 is 28.7 Å². The number of hydrogen-bond acceptors (Lipinski definition) is 11. The SMILES string of the molecule is C[C@H](N)C(=O)O.NCCCC[C@H](N)C(=O)O.N[C@@H](CC(=O)O)C(=O)O.N[C@@H](CCC(=O)O)C(=O)O. The van der Waals surface area contributed by atoms with Gasteiger partial charge in [-0.2, -0.15) is 0 Å². The van der Waals surface area contributed by atoms with Crippen LogP contribution in [0.5, 0.6) is 0 Å². The van der Waals surface area contributed by atoms with Gasteiger partial charge in [0.2, 0.25) is 0 Å². The van der Waals surface area contributed by atoms with Gasteiger partial charge in [0, 0.05) is 6.42 Å². The van der Waals surface area contributed by atoms with E-state index in [-0.39, 0.29) is 12.8 Å². The molecule has 0 bridgehead atoms. The molecule has 0 unspecified atom stereocenters. The topological polar surface area (TPSA) is 354 Å². The van der Waals surface area contributed by atoms with Crippen LogP contribution in [0, 0.1) is 0 Å². The summed E-state index contributed by atoms with van der Waals surface area (Å²) in [6.07, 6.45) is 1.41. The zero-order valence-electron chi connectivity index (χ0n) is 19.3. The molecule has 0 aromatic rings. The third-order valence-corrected chi connectivity index (χ3v) is 3.37. The Balaban J connectivity index is -0.000000186. The van der Waals surface area contributed by atoms with Gasteiger partial charge in [0.05, 0.1) is 6.42 Å². The van der Waals surface area contributed by atoms with E-state index < -0.39 is 66.4 Å². The lowest BCUT2D eigenvalue weighted by molar-refractivity contribution is -0.144. The third kappa shape index (κ3) is 35.4. The van der Waals surface area contributed by atoms with E-state index in [4.69, 9.17) is 59.3 Å². The molecule has 0 aromatic carbocycles. The van der Waals surface area contributed by atoms with E-state index in [1.165, 1.54) is 6.92 Å². The van der Waals surface area contributed by atoms with Gasteiger partial charge in [-0.25, -0.2) is 0 Å². The zero-order chi connectivity index (χ0) is 28.7. The molecule has 0 saturated heterocycles. The first-order chi connectivity index (χ1) is 15.9. The Labute approximate surface area is 200 Å². The predicted octanol–water partition coefficient (Wildman–Crippen LogP) is -2.92. The predicted molar refractivity (Wildman–Crippen MR) is 120 cm³/mol. The van der Waals surface area contributed by atoms with E-state index in [0.717, 1.165) is 12.8 Å². The molecule has 0 heterocycles. The van der Waals surface area contributed by atoms with Crippen LogP contribution in [0.1, 0.15) is 45.4 Å². The van der Waals surface area contributed by atoms with Gasteiger partial charge >= 0.3 is 35.8 Å². The third-order valence-electron chi connectivity index (χ3n) is 3.37. The number of aliphatic carboxylic acids is 6. The number of hydrogen-bond donors (Lipinski definition) is 11. The smallest absolute Gasteiger partial charge is 0.321 e. The first kappa shape index (κ1) is 38.9. The highest BCUT2D eigenvalue weighted by Crippen LogP contribution is 1.97.